The van der Waals surface area contributed by atoms with Crippen molar-refractivity contribution in [2.75, 3.05) is 5.75 Å². The molecular weight excluding hydrogens is 196 g/mol. The van der Waals surface area contributed by atoms with E-state index in [4.69, 9.17) is 0 Å². The molecule has 2 unspecified atom stereocenters. The average Bonchev–Trinajstić information content (AvgIpc) is 2.43. The van der Waals surface area contributed by atoms with Crippen LogP contribution >= 0.6 is 0 Å². The standard InChI is InChI=1S/C11H14O2S/c1-9-7-11(8-14(9,12)13)10-5-3-2-4-6-10/h2-6,9,11H,7-8H2,1H3. The Bertz CT molecular complexity index is 408. The van der Waals surface area contributed by atoms with Crippen molar-refractivity contribution in [1.82, 2.24) is 0 Å². The molecule has 1 aliphatic rings. The number of hydrogen-bond acceptors (Lipinski definition) is 2. The second-order valence-electron chi connectivity index (χ2n) is 3.98. The summed E-state index contributed by atoms with van der Waals surface area (Å²) in [4.78, 5) is 0. The van der Waals surface area contributed by atoms with Crippen LogP contribution in [0.2, 0.25) is 0 Å². The van der Waals surface area contributed by atoms with Crippen molar-refractivity contribution in [3.05, 3.63) is 35.9 Å². The van der Waals surface area contributed by atoms with E-state index < -0.39 is 9.84 Å². The van der Waals surface area contributed by atoms with Gasteiger partial charge in [0, 0.05) is 0 Å². The Kier molecular flexibility index (Phi) is 2.35. The van der Waals surface area contributed by atoms with Crippen LogP contribution in [0.3, 0.4) is 0 Å². The first kappa shape index (κ1) is 9.71. The molecule has 1 heterocycles. The van der Waals surface area contributed by atoms with Crippen molar-refractivity contribution in [2.24, 2.45) is 0 Å². The summed E-state index contributed by atoms with van der Waals surface area (Å²) in [6.07, 6.45) is 0.770. The highest BCUT2D eigenvalue weighted by Gasteiger charge is 2.35. The third kappa shape index (κ3) is 1.69. The molecule has 1 aromatic rings. The van der Waals surface area contributed by atoms with Gasteiger partial charge in [-0.3, -0.25) is 0 Å². The van der Waals surface area contributed by atoms with Crippen LogP contribution in [0.4, 0.5) is 0 Å². The van der Waals surface area contributed by atoms with E-state index in [2.05, 4.69) is 0 Å². The van der Waals surface area contributed by atoms with Crippen LogP contribution < -0.4 is 0 Å². The predicted octanol–water partition coefficient (Wildman–Crippen LogP) is 1.98. The lowest BCUT2D eigenvalue weighted by Gasteiger charge is -2.06. The van der Waals surface area contributed by atoms with Gasteiger partial charge in [-0.25, -0.2) is 8.42 Å². The maximum Gasteiger partial charge on any atom is 0.153 e. The van der Waals surface area contributed by atoms with Crippen LogP contribution in [0.5, 0.6) is 0 Å². The molecule has 2 atom stereocenters. The molecular formula is C11H14O2S. The molecule has 0 bridgehead atoms. The zero-order valence-electron chi connectivity index (χ0n) is 8.18. The van der Waals surface area contributed by atoms with E-state index in [0.29, 0.717) is 5.75 Å². The summed E-state index contributed by atoms with van der Waals surface area (Å²) >= 11 is 0. The Morgan fingerprint density at radius 1 is 1.21 bits per heavy atom. The van der Waals surface area contributed by atoms with Crippen molar-refractivity contribution in [2.45, 2.75) is 24.5 Å². The minimum absolute atomic E-state index is 0.173. The fraction of sp³-hybridized carbons (Fsp3) is 0.455. The summed E-state index contributed by atoms with van der Waals surface area (Å²) in [6.45, 7) is 1.80. The smallest absolute Gasteiger partial charge is 0.153 e. The van der Waals surface area contributed by atoms with Gasteiger partial charge in [0.15, 0.2) is 9.84 Å². The molecule has 2 nitrogen and oxygen atoms in total. The summed E-state index contributed by atoms with van der Waals surface area (Å²) in [5.41, 5.74) is 1.15. The monoisotopic (exact) mass is 210 g/mol. The van der Waals surface area contributed by atoms with Gasteiger partial charge in [0.1, 0.15) is 0 Å². The second kappa shape index (κ2) is 3.39. The largest absolute Gasteiger partial charge is 0.229 e. The summed E-state index contributed by atoms with van der Waals surface area (Å²) in [6, 6.07) is 9.91. The summed E-state index contributed by atoms with van der Waals surface area (Å²) in [5.74, 6) is 0.522. The molecule has 1 aliphatic heterocycles. The first-order chi connectivity index (χ1) is 6.59. The van der Waals surface area contributed by atoms with Crippen molar-refractivity contribution in [1.29, 1.82) is 0 Å². The van der Waals surface area contributed by atoms with Crippen LogP contribution in [0.1, 0.15) is 24.8 Å². The number of rotatable bonds is 1. The van der Waals surface area contributed by atoms with E-state index in [1.54, 1.807) is 6.92 Å². The van der Waals surface area contributed by atoms with Crippen molar-refractivity contribution >= 4 is 9.84 Å². The van der Waals surface area contributed by atoms with Gasteiger partial charge < -0.3 is 0 Å². The fourth-order valence-corrected chi connectivity index (χ4v) is 3.76. The van der Waals surface area contributed by atoms with Gasteiger partial charge in [-0.15, -0.1) is 0 Å². The van der Waals surface area contributed by atoms with E-state index >= 15 is 0 Å². The highest BCUT2D eigenvalue weighted by molar-refractivity contribution is 7.92. The molecule has 0 amide bonds. The Balaban J connectivity index is 2.26. The number of benzene rings is 1. The minimum Gasteiger partial charge on any atom is -0.229 e. The van der Waals surface area contributed by atoms with Gasteiger partial charge in [0.25, 0.3) is 0 Å². The maximum absolute atomic E-state index is 11.5. The zero-order valence-corrected chi connectivity index (χ0v) is 9.00. The molecule has 0 spiro atoms. The van der Waals surface area contributed by atoms with Crippen LogP contribution in [-0.2, 0) is 9.84 Å². The Labute approximate surface area is 84.9 Å². The normalized spacial score (nSPS) is 30.4. The molecule has 0 saturated carbocycles. The van der Waals surface area contributed by atoms with E-state index in [1.165, 1.54) is 0 Å². The molecule has 76 valence electrons. The molecule has 3 heteroatoms. The Morgan fingerprint density at radius 3 is 2.36 bits per heavy atom. The average molecular weight is 210 g/mol. The first-order valence-corrected chi connectivity index (χ1v) is 6.57. The van der Waals surface area contributed by atoms with Gasteiger partial charge in [-0.2, -0.15) is 0 Å². The molecule has 1 aromatic carbocycles. The van der Waals surface area contributed by atoms with E-state index in [1.807, 2.05) is 30.3 Å². The minimum atomic E-state index is -2.82. The van der Waals surface area contributed by atoms with Crippen LogP contribution in [0.15, 0.2) is 30.3 Å². The fourth-order valence-electron chi connectivity index (χ4n) is 2.02. The molecule has 1 saturated heterocycles. The predicted molar refractivity (Wildman–Crippen MR) is 57.0 cm³/mol. The third-order valence-corrected chi connectivity index (χ3v) is 5.22. The summed E-state index contributed by atoms with van der Waals surface area (Å²) in [7, 11) is -2.82. The highest BCUT2D eigenvalue weighted by atomic mass is 32.2. The van der Waals surface area contributed by atoms with E-state index in [-0.39, 0.29) is 11.2 Å². The first-order valence-electron chi connectivity index (χ1n) is 4.86. The summed E-state index contributed by atoms with van der Waals surface area (Å²) in [5, 5.41) is -0.173. The molecule has 2 rings (SSSR count). The molecule has 0 aliphatic carbocycles. The van der Waals surface area contributed by atoms with E-state index in [0.717, 1.165) is 12.0 Å². The lowest BCUT2D eigenvalue weighted by atomic mass is 9.97. The number of sulfone groups is 1. The quantitative estimate of drug-likeness (QED) is 0.710. The third-order valence-electron chi connectivity index (χ3n) is 2.93. The van der Waals surface area contributed by atoms with E-state index in [9.17, 15) is 8.42 Å². The topological polar surface area (TPSA) is 34.1 Å². The van der Waals surface area contributed by atoms with Crippen LogP contribution in [0, 0.1) is 0 Å². The number of hydrogen-bond donors (Lipinski definition) is 0. The lowest BCUT2D eigenvalue weighted by Crippen LogP contribution is -2.10. The van der Waals surface area contributed by atoms with Crippen molar-refractivity contribution in [3.63, 3.8) is 0 Å². The molecule has 14 heavy (non-hydrogen) atoms. The molecule has 0 aromatic heterocycles. The van der Waals surface area contributed by atoms with Gasteiger partial charge in [0.05, 0.1) is 11.0 Å². The highest BCUT2D eigenvalue weighted by Crippen LogP contribution is 2.33. The Hall–Kier alpha value is -0.830. The van der Waals surface area contributed by atoms with Crippen LogP contribution in [0.25, 0.3) is 0 Å². The van der Waals surface area contributed by atoms with Gasteiger partial charge >= 0.3 is 0 Å². The SMILES string of the molecule is CC1CC(c2ccccc2)CS1(=O)=O. The zero-order chi connectivity index (χ0) is 10.2. The second-order valence-corrected chi connectivity index (χ2v) is 6.45. The van der Waals surface area contributed by atoms with Gasteiger partial charge in [-0.05, 0) is 24.8 Å². The van der Waals surface area contributed by atoms with Gasteiger partial charge in [-0.1, -0.05) is 30.3 Å². The molecule has 0 N–H and O–H groups in total. The summed E-state index contributed by atoms with van der Waals surface area (Å²) < 4.78 is 23.1. The molecule has 0 radical (unpaired) electrons. The van der Waals surface area contributed by atoms with Crippen molar-refractivity contribution in [3.8, 4) is 0 Å². The molecule has 1 fully saturated rings. The van der Waals surface area contributed by atoms with Gasteiger partial charge in [0.2, 0.25) is 0 Å². The lowest BCUT2D eigenvalue weighted by molar-refractivity contribution is 0.593. The maximum atomic E-state index is 11.5. The Morgan fingerprint density at radius 2 is 1.86 bits per heavy atom. The van der Waals surface area contributed by atoms with Crippen LogP contribution in [-0.4, -0.2) is 19.4 Å². The van der Waals surface area contributed by atoms with Crippen molar-refractivity contribution < 1.29 is 8.42 Å².